The molecule has 0 bridgehead atoms. The number of nitrogens with zero attached hydrogens (tertiary/aromatic N) is 2. The monoisotopic (exact) mass is 371 g/mol. The minimum atomic E-state index is -1.64. The normalized spacial score (nSPS) is 17.5. The molecule has 144 valence electrons. The van der Waals surface area contributed by atoms with Gasteiger partial charge in [0.25, 0.3) is 0 Å². The highest BCUT2D eigenvalue weighted by Gasteiger charge is 2.26. The number of amides is 2. The van der Waals surface area contributed by atoms with Gasteiger partial charge in [0.05, 0.1) is 18.8 Å². The van der Waals surface area contributed by atoms with Crippen LogP contribution in [0.3, 0.4) is 0 Å². The number of likely N-dealkylation sites (tertiary alicyclic amines) is 1. The van der Waals surface area contributed by atoms with Crippen molar-refractivity contribution in [2.24, 2.45) is 0 Å². The topological polar surface area (TPSA) is 52.7 Å². The first-order valence-corrected chi connectivity index (χ1v) is 8.74. The highest BCUT2D eigenvalue weighted by molar-refractivity contribution is 5.92. The lowest BCUT2D eigenvalue weighted by atomic mass is 10.00. The zero-order valence-electron chi connectivity index (χ0n) is 15.0. The van der Waals surface area contributed by atoms with Crippen LogP contribution in [0.15, 0.2) is 12.1 Å². The summed E-state index contributed by atoms with van der Waals surface area (Å²) in [5.41, 5.74) is -0.435. The smallest absolute Gasteiger partial charge is 0.238 e. The van der Waals surface area contributed by atoms with Gasteiger partial charge >= 0.3 is 0 Å². The molecule has 1 aliphatic rings. The van der Waals surface area contributed by atoms with Crippen molar-refractivity contribution in [1.82, 2.24) is 9.80 Å². The molecule has 1 saturated heterocycles. The minimum Gasteiger partial charge on any atom is -0.339 e. The third kappa shape index (κ3) is 4.97. The Balaban J connectivity index is 1.89. The van der Waals surface area contributed by atoms with E-state index in [1.165, 1.54) is 4.90 Å². The Labute approximate surface area is 151 Å². The first-order valence-electron chi connectivity index (χ1n) is 8.74. The van der Waals surface area contributed by atoms with Crippen molar-refractivity contribution >= 4 is 17.5 Å². The highest BCUT2D eigenvalue weighted by atomic mass is 19.2. The van der Waals surface area contributed by atoms with Crippen molar-refractivity contribution in [3.8, 4) is 0 Å². The fourth-order valence-corrected chi connectivity index (χ4v) is 3.19. The molecule has 0 aliphatic carbocycles. The van der Waals surface area contributed by atoms with Gasteiger partial charge in [0.2, 0.25) is 11.8 Å². The molecule has 0 saturated carbocycles. The maximum absolute atomic E-state index is 13.6. The third-order valence-electron chi connectivity index (χ3n) is 4.55. The van der Waals surface area contributed by atoms with Gasteiger partial charge < -0.3 is 10.2 Å². The SMILES string of the molecule is CC[C@@H]1CCCCN1C(=O)CN(C)CC(=O)Nc1ccc(F)c(F)c1F. The number of carbonyl (C=O) groups is 2. The largest absolute Gasteiger partial charge is 0.339 e. The molecule has 1 heterocycles. The molecule has 1 aromatic rings. The molecule has 0 radical (unpaired) electrons. The summed E-state index contributed by atoms with van der Waals surface area (Å²) in [6, 6.07) is 1.92. The van der Waals surface area contributed by atoms with E-state index in [-0.39, 0.29) is 25.0 Å². The Hall–Kier alpha value is -2.09. The molecule has 2 rings (SSSR count). The number of hydrogen-bond acceptors (Lipinski definition) is 3. The van der Waals surface area contributed by atoms with E-state index in [9.17, 15) is 22.8 Å². The Morgan fingerprint density at radius 1 is 1.19 bits per heavy atom. The average Bonchev–Trinajstić information content (AvgIpc) is 2.61. The number of nitrogens with one attached hydrogen (secondary N) is 1. The molecular formula is C18H24F3N3O2. The standard InChI is InChI=1S/C18H24F3N3O2/c1-3-12-6-4-5-9-24(12)16(26)11-23(2)10-15(25)22-14-8-7-13(19)17(20)18(14)21/h7-8,12H,3-6,9-11H2,1-2H3,(H,22,25)/t12-/m1/s1. The molecule has 1 fully saturated rings. The molecule has 1 aliphatic heterocycles. The molecule has 5 nitrogen and oxygen atoms in total. The van der Waals surface area contributed by atoms with Gasteiger partial charge in [-0.15, -0.1) is 0 Å². The second-order valence-electron chi connectivity index (χ2n) is 6.59. The lowest BCUT2D eigenvalue weighted by Crippen LogP contribution is -2.48. The molecule has 2 amide bonds. The summed E-state index contributed by atoms with van der Waals surface area (Å²) in [4.78, 5) is 27.8. The predicted octanol–water partition coefficient (Wildman–Crippen LogP) is 2.77. The first-order chi connectivity index (χ1) is 12.3. The molecule has 0 unspecified atom stereocenters. The van der Waals surface area contributed by atoms with Crippen molar-refractivity contribution in [3.05, 3.63) is 29.6 Å². The van der Waals surface area contributed by atoms with Crippen molar-refractivity contribution in [2.45, 2.75) is 38.6 Å². The number of piperidine rings is 1. The Morgan fingerprint density at radius 3 is 2.62 bits per heavy atom. The van der Waals surface area contributed by atoms with Gasteiger partial charge in [0, 0.05) is 12.6 Å². The molecule has 26 heavy (non-hydrogen) atoms. The fraction of sp³-hybridized carbons (Fsp3) is 0.556. The zero-order chi connectivity index (χ0) is 19.3. The van der Waals surface area contributed by atoms with Crippen LogP contribution < -0.4 is 5.32 Å². The van der Waals surface area contributed by atoms with Crippen LogP contribution in [-0.2, 0) is 9.59 Å². The predicted molar refractivity (Wildman–Crippen MR) is 92.1 cm³/mol. The van der Waals surface area contributed by atoms with Crippen LogP contribution in [0, 0.1) is 17.5 Å². The van der Waals surface area contributed by atoms with E-state index in [1.807, 2.05) is 11.8 Å². The number of likely N-dealkylation sites (N-methyl/N-ethyl adjacent to an activating group) is 1. The lowest BCUT2D eigenvalue weighted by Gasteiger charge is -2.36. The number of benzene rings is 1. The summed E-state index contributed by atoms with van der Waals surface area (Å²) >= 11 is 0. The van der Waals surface area contributed by atoms with Gasteiger partial charge in [0.1, 0.15) is 0 Å². The molecular weight excluding hydrogens is 347 g/mol. The van der Waals surface area contributed by atoms with Crippen LogP contribution in [0.4, 0.5) is 18.9 Å². The number of carbonyl (C=O) groups excluding carboxylic acids is 2. The number of rotatable bonds is 6. The molecule has 8 heteroatoms. The van der Waals surface area contributed by atoms with Gasteiger partial charge in [-0.2, -0.15) is 0 Å². The van der Waals surface area contributed by atoms with Crippen LogP contribution in [0.1, 0.15) is 32.6 Å². The lowest BCUT2D eigenvalue weighted by molar-refractivity contribution is -0.136. The third-order valence-corrected chi connectivity index (χ3v) is 4.55. The van der Waals surface area contributed by atoms with Gasteiger partial charge in [0.15, 0.2) is 17.5 Å². The van der Waals surface area contributed by atoms with E-state index in [0.29, 0.717) is 0 Å². The Morgan fingerprint density at radius 2 is 1.92 bits per heavy atom. The number of halogens is 3. The van der Waals surface area contributed by atoms with Crippen LogP contribution in [-0.4, -0.2) is 54.3 Å². The van der Waals surface area contributed by atoms with E-state index in [0.717, 1.165) is 44.4 Å². The number of hydrogen-bond donors (Lipinski definition) is 1. The summed E-state index contributed by atoms with van der Waals surface area (Å²) in [5.74, 6) is -5.07. The molecule has 0 spiro atoms. The number of anilines is 1. The van der Waals surface area contributed by atoms with Gasteiger partial charge in [-0.1, -0.05) is 6.92 Å². The van der Waals surface area contributed by atoms with Crippen LogP contribution in [0.25, 0.3) is 0 Å². The van der Waals surface area contributed by atoms with E-state index in [2.05, 4.69) is 5.32 Å². The maximum atomic E-state index is 13.6. The van der Waals surface area contributed by atoms with Crippen LogP contribution >= 0.6 is 0 Å². The van der Waals surface area contributed by atoms with Crippen LogP contribution in [0.5, 0.6) is 0 Å². The van der Waals surface area contributed by atoms with Crippen molar-refractivity contribution in [1.29, 1.82) is 0 Å². The van der Waals surface area contributed by atoms with Gasteiger partial charge in [-0.3, -0.25) is 14.5 Å². The first kappa shape index (κ1) is 20.2. The fourth-order valence-electron chi connectivity index (χ4n) is 3.19. The molecule has 1 aromatic carbocycles. The van der Waals surface area contributed by atoms with E-state index in [4.69, 9.17) is 0 Å². The summed E-state index contributed by atoms with van der Waals surface area (Å²) in [5, 5.41) is 2.19. The van der Waals surface area contributed by atoms with Crippen molar-refractivity contribution in [3.63, 3.8) is 0 Å². The van der Waals surface area contributed by atoms with E-state index >= 15 is 0 Å². The summed E-state index contributed by atoms with van der Waals surface area (Å²) in [6.45, 7) is 2.65. The van der Waals surface area contributed by atoms with Crippen LogP contribution in [0.2, 0.25) is 0 Å². The molecule has 0 aromatic heterocycles. The van der Waals surface area contributed by atoms with E-state index in [1.54, 1.807) is 7.05 Å². The van der Waals surface area contributed by atoms with Crippen molar-refractivity contribution < 1.29 is 22.8 Å². The summed E-state index contributed by atoms with van der Waals surface area (Å²) in [6.07, 6.45) is 3.97. The second-order valence-corrected chi connectivity index (χ2v) is 6.59. The quantitative estimate of drug-likeness (QED) is 0.783. The van der Waals surface area contributed by atoms with E-state index < -0.39 is 29.0 Å². The molecule has 1 N–H and O–H groups in total. The zero-order valence-corrected chi connectivity index (χ0v) is 15.0. The second kappa shape index (κ2) is 9.02. The summed E-state index contributed by atoms with van der Waals surface area (Å²) in [7, 11) is 1.60. The Kier molecular flexibility index (Phi) is 7.02. The minimum absolute atomic E-state index is 0.0501. The highest BCUT2D eigenvalue weighted by Crippen LogP contribution is 2.20. The average molecular weight is 371 g/mol. The van der Waals surface area contributed by atoms with Crippen molar-refractivity contribution in [2.75, 3.05) is 32.0 Å². The Bertz CT molecular complexity index is 669. The van der Waals surface area contributed by atoms with Gasteiger partial charge in [-0.25, -0.2) is 13.2 Å². The van der Waals surface area contributed by atoms with Gasteiger partial charge in [-0.05, 0) is 44.9 Å². The molecule has 1 atom stereocenters. The maximum Gasteiger partial charge on any atom is 0.238 e. The summed E-state index contributed by atoms with van der Waals surface area (Å²) < 4.78 is 39.7.